The molecule has 2 rings (SSSR count). The van der Waals surface area contributed by atoms with Crippen LogP contribution in [-0.2, 0) is 13.6 Å². The minimum Gasteiger partial charge on any atom is -0.306 e. The van der Waals surface area contributed by atoms with Crippen LogP contribution in [0.5, 0.6) is 0 Å². The SMILES string of the molecule is CC(C)c1nn(C)cc1CNC(C)c1ccccc1Br. The van der Waals surface area contributed by atoms with Crippen LogP contribution in [0.25, 0.3) is 0 Å². The third kappa shape index (κ3) is 3.49. The lowest BCUT2D eigenvalue weighted by Gasteiger charge is -2.16. The summed E-state index contributed by atoms with van der Waals surface area (Å²) >= 11 is 3.61. The summed E-state index contributed by atoms with van der Waals surface area (Å²) in [5.41, 5.74) is 3.74. The highest BCUT2D eigenvalue weighted by molar-refractivity contribution is 9.10. The van der Waals surface area contributed by atoms with Gasteiger partial charge in [-0.3, -0.25) is 4.68 Å². The fourth-order valence-electron chi connectivity index (χ4n) is 2.38. The van der Waals surface area contributed by atoms with E-state index in [1.54, 1.807) is 0 Å². The predicted molar refractivity (Wildman–Crippen MR) is 86.7 cm³/mol. The zero-order valence-electron chi connectivity index (χ0n) is 12.5. The second kappa shape index (κ2) is 6.55. The largest absolute Gasteiger partial charge is 0.306 e. The van der Waals surface area contributed by atoms with Crippen molar-refractivity contribution in [3.8, 4) is 0 Å². The van der Waals surface area contributed by atoms with E-state index in [1.165, 1.54) is 16.8 Å². The highest BCUT2D eigenvalue weighted by Gasteiger charge is 2.13. The second-order valence-electron chi connectivity index (χ2n) is 5.49. The van der Waals surface area contributed by atoms with Crippen LogP contribution in [0.3, 0.4) is 0 Å². The maximum absolute atomic E-state index is 4.55. The number of benzene rings is 1. The second-order valence-corrected chi connectivity index (χ2v) is 6.35. The molecule has 0 aliphatic carbocycles. The van der Waals surface area contributed by atoms with Gasteiger partial charge in [0.05, 0.1) is 5.69 Å². The molecule has 3 nitrogen and oxygen atoms in total. The van der Waals surface area contributed by atoms with E-state index in [2.05, 4.69) is 71.5 Å². The summed E-state index contributed by atoms with van der Waals surface area (Å²) in [5, 5.41) is 8.13. The van der Waals surface area contributed by atoms with Crippen molar-refractivity contribution < 1.29 is 0 Å². The minimum absolute atomic E-state index is 0.297. The van der Waals surface area contributed by atoms with E-state index in [0.717, 1.165) is 11.0 Å². The Kier molecular flexibility index (Phi) is 5.00. The zero-order valence-corrected chi connectivity index (χ0v) is 14.1. The predicted octanol–water partition coefficient (Wildman–Crippen LogP) is 4.16. The smallest absolute Gasteiger partial charge is 0.0694 e. The van der Waals surface area contributed by atoms with Crippen LogP contribution < -0.4 is 5.32 Å². The van der Waals surface area contributed by atoms with Crippen molar-refractivity contribution in [1.82, 2.24) is 15.1 Å². The van der Waals surface area contributed by atoms with Gasteiger partial charge in [-0.15, -0.1) is 0 Å². The van der Waals surface area contributed by atoms with Crippen molar-refractivity contribution >= 4 is 15.9 Å². The van der Waals surface area contributed by atoms with Gasteiger partial charge in [-0.2, -0.15) is 5.10 Å². The van der Waals surface area contributed by atoms with Crippen molar-refractivity contribution in [3.63, 3.8) is 0 Å². The van der Waals surface area contributed by atoms with Gasteiger partial charge in [0.2, 0.25) is 0 Å². The van der Waals surface area contributed by atoms with Gasteiger partial charge in [0, 0.05) is 35.9 Å². The molecule has 4 heteroatoms. The van der Waals surface area contributed by atoms with Crippen molar-refractivity contribution in [2.24, 2.45) is 7.05 Å². The van der Waals surface area contributed by atoms with Crippen LogP contribution >= 0.6 is 15.9 Å². The molecule has 0 saturated carbocycles. The summed E-state index contributed by atoms with van der Waals surface area (Å²) in [7, 11) is 1.98. The van der Waals surface area contributed by atoms with Crippen LogP contribution in [0.15, 0.2) is 34.9 Å². The lowest BCUT2D eigenvalue weighted by molar-refractivity contribution is 0.568. The average Bonchev–Trinajstić information content (AvgIpc) is 2.78. The number of nitrogens with zero attached hydrogens (tertiary/aromatic N) is 2. The number of hydrogen-bond donors (Lipinski definition) is 1. The van der Waals surface area contributed by atoms with Crippen molar-refractivity contribution in [1.29, 1.82) is 0 Å². The molecule has 1 aromatic heterocycles. The molecule has 1 heterocycles. The summed E-state index contributed by atoms with van der Waals surface area (Å²) in [4.78, 5) is 0. The monoisotopic (exact) mass is 335 g/mol. The highest BCUT2D eigenvalue weighted by Crippen LogP contribution is 2.24. The van der Waals surface area contributed by atoms with Gasteiger partial charge in [0.25, 0.3) is 0 Å². The van der Waals surface area contributed by atoms with Gasteiger partial charge in [-0.25, -0.2) is 0 Å². The molecule has 0 saturated heterocycles. The Labute approximate surface area is 129 Å². The molecule has 20 heavy (non-hydrogen) atoms. The Morgan fingerprint density at radius 2 is 1.95 bits per heavy atom. The van der Waals surface area contributed by atoms with E-state index >= 15 is 0 Å². The standard InChI is InChI=1S/C16H22BrN3/c1-11(2)16-13(10-20(4)19-16)9-18-12(3)14-7-5-6-8-15(14)17/h5-8,10-12,18H,9H2,1-4H3. The van der Waals surface area contributed by atoms with Crippen molar-refractivity contribution in [3.05, 3.63) is 51.8 Å². The molecule has 0 spiro atoms. The lowest BCUT2D eigenvalue weighted by Crippen LogP contribution is -2.19. The average molecular weight is 336 g/mol. The molecule has 0 amide bonds. The summed E-state index contributed by atoms with van der Waals surface area (Å²) in [6.07, 6.45) is 2.11. The van der Waals surface area contributed by atoms with Crippen LogP contribution in [0.4, 0.5) is 0 Å². The maximum Gasteiger partial charge on any atom is 0.0694 e. The topological polar surface area (TPSA) is 29.9 Å². The maximum atomic E-state index is 4.55. The Hall–Kier alpha value is -1.13. The number of halogens is 1. The lowest BCUT2D eigenvalue weighted by atomic mass is 10.1. The summed E-state index contributed by atoms with van der Waals surface area (Å²) in [6, 6.07) is 8.64. The third-order valence-corrected chi connectivity index (χ3v) is 4.18. The molecule has 0 radical (unpaired) electrons. The zero-order chi connectivity index (χ0) is 14.7. The highest BCUT2D eigenvalue weighted by atomic mass is 79.9. The Morgan fingerprint density at radius 1 is 1.25 bits per heavy atom. The van der Waals surface area contributed by atoms with Crippen molar-refractivity contribution in [2.45, 2.75) is 39.3 Å². The molecule has 0 aliphatic rings. The first-order valence-electron chi connectivity index (χ1n) is 6.99. The van der Waals surface area contributed by atoms with E-state index in [1.807, 2.05) is 17.8 Å². The van der Waals surface area contributed by atoms with Gasteiger partial charge in [0.1, 0.15) is 0 Å². The molecule has 1 atom stereocenters. The van der Waals surface area contributed by atoms with Gasteiger partial charge in [-0.1, -0.05) is 48.0 Å². The first kappa shape index (κ1) is 15.3. The fraction of sp³-hybridized carbons (Fsp3) is 0.438. The van der Waals surface area contributed by atoms with Gasteiger partial charge in [0.15, 0.2) is 0 Å². The first-order chi connectivity index (χ1) is 9.49. The Balaban J connectivity index is 2.07. The third-order valence-electron chi connectivity index (χ3n) is 3.45. The molecular weight excluding hydrogens is 314 g/mol. The van der Waals surface area contributed by atoms with Gasteiger partial charge < -0.3 is 5.32 Å². The van der Waals surface area contributed by atoms with E-state index in [0.29, 0.717) is 12.0 Å². The number of aromatic nitrogens is 2. The Bertz CT molecular complexity index is 575. The van der Waals surface area contributed by atoms with E-state index in [4.69, 9.17) is 0 Å². The molecule has 1 aromatic carbocycles. The molecule has 0 fully saturated rings. The van der Waals surface area contributed by atoms with Gasteiger partial charge in [-0.05, 0) is 24.5 Å². The molecule has 1 N–H and O–H groups in total. The van der Waals surface area contributed by atoms with E-state index < -0.39 is 0 Å². The van der Waals surface area contributed by atoms with Crippen LogP contribution in [0.1, 0.15) is 49.6 Å². The van der Waals surface area contributed by atoms with Crippen LogP contribution in [0.2, 0.25) is 0 Å². The fourth-order valence-corrected chi connectivity index (χ4v) is 3.00. The molecule has 0 aliphatic heterocycles. The first-order valence-corrected chi connectivity index (χ1v) is 7.78. The van der Waals surface area contributed by atoms with Crippen LogP contribution in [0, 0.1) is 0 Å². The summed E-state index contributed by atoms with van der Waals surface area (Å²) in [5.74, 6) is 0.451. The number of rotatable bonds is 5. The minimum atomic E-state index is 0.297. The van der Waals surface area contributed by atoms with Crippen molar-refractivity contribution in [2.75, 3.05) is 0 Å². The Morgan fingerprint density at radius 3 is 2.60 bits per heavy atom. The molecule has 108 valence electrons. The van der Waals surface area contributed by atoms with E-state index in [9.17, 15) is 0 Å². The number of hydrogen-bond acceptors (Lipinski definition) is 2. The molecule has 1 unspecified atom stereocenters. The van der Waals surface area contributed by atoms with Crippen LogP contribution in [-0.4, -0.2) is 9.78 Å². The molecular formula is C16H22BrN3. The normalized spacial score (nSPS) is 12.9. The molecule has 2 aromatic rings. The quantitative estimate of drug-likeness (QED) is 0.889. The summed E-state index contributed by atoms with van der Waals surface area (Å²) in [6.45, 7) is 7.39. The summed E-state index contributed by atoms with van der Waals surface area (Å²) < 4.78 is 3.05. The van der Waals surface area contributed by atoms with Gasteiger partial charge >= 0.3 is 0 Å². The van der Waals surface area contributed by atoms with E-state index in [-0.39, 0.29) is 0 Å². The number of aryl methyl sites for hydroxylation is 1. The molecule has 0 bridgehead atoms. The number of nitrogens with one attached hydrogen (secondary N) is 1.